The van der Waals surface area contributed by atoms with Crippen molar-refractivity contribution in [1.82, 2.24) is 9.88 Å². The van der Waals surface area contributed by atoms with Crippen LogP contribution >= 0.6 is 0 Å². The number of aromatic hydroxyl groups is 1. The van der Waals surface area contributed by atoms with Gasteiger partial charge in [-0.1, -0.05) is 0 Å². The van der Waals surface area contributed by atoms with Gasteiger partial charge in [0.2, 0.25) is 5.91 Å². The summed E-state index contributed by atoms with van der Waals surface area (Å²) in [7, 11) is 0. The highest BCUT2D eigenvalue weighted by atomic mass is 19.1. The fourth-order valence-corrected chi connectivity index (χ4v) is 3.21. The largest absolute Gasteiger partial charge is 0.505 e. The molecule has 1 aromatic heterocycles. The van der Waals surface area contributed by atoms with Crippen LogP contribution in [-0.2, 0) is 16.0 Å². The number of carbonyl (C=O) groups is 3. The van der Waals surface area contributed by atoms with Crippen LogP contribution < -0.4 is 5.32 Å². The number of fused-ring (bicyclic) bond motifs is 1. The Kier molecular flexibility index (Phi) is 5.55. The SMILES string of the molecule is Cc1c(CC(=O)NC(C)C(=O)O)c2cc(O)c(F)cc2n1C(=O)c1ccc(F)cc1. The monoisotopic (exact) mass is 416 g/mol. The summed E-state index contributed by atoms with van der Waals surface area (Å²) in [4.78, 5) is 36.3. The molecule has 2 aromatic carbocycles. The van der Waals surface area contributed by atoms with Gasteiger partial charge in [-0.25, -0.2) is 8.78 Å². The summed E-state index contributed by atoms with van der Waals surface area (Å²) in [5.74, 6) is -4.55. The molecule has 1 heterocycles. The Labute approximate surface area is 169 Å². The van der Waals surface area contributed by atoms with Crippen LogP contribution in [0.4, 0.5) is 8.78 Å². The lowest BCUT2D eigenvalue weighted by molar-refractivity contribution is -0.141. The van der Waals surface area contributed by atoms with Gasteiger partial charge in [0.15, 0.2) is 11.6 Å². The van der Waals surface area contributed by atoms with E-state index in [4.69, 9.17) is 5.11 Å². The summed E-state index contributed by atoms with van der Waals surface area (Å²) in [5.41, 5.74) is 0.889. The normalized spacial score (nSPS) is 12.0. The van der Waals surface area contributed by atoms with Crippen LogP contribution in [0, 0.1) is 18.6 Å². The highest BCUT2D eigenvalue weighted by Crippen LogP contribution is 2.32. The molecule has 30 heavy (non-hydrogen) atoms. The van der Waals surface area contributed by atoms with Gasteiger partial charge in [0, 0.05) is 22.7 Å². The molecule has 0 fully saturated rings. The molecule has 0 aliphatic carbocycles. The maximum Gasteiger partial charge on any atom is 0.325 e. The molecule has 0 bridgehead atoms. The van der Waals surface area contributed by atoms with E-state index >= 15 is 0 Å². The molecule has 3 aromatic rings. The molecule has 7 nitrogen and oxygen atoms in total. The molecule has 0 saturated carbocycles. The third-order valence-corrected chi connectivity index (χ3v) is 4.78. The van der Waals surface area contributed by atoms with Gasteiger partial charge in [-0.15, -0.1) is 0 Å². The van der Waals surface area contributed by atoms with Crippen LogP contribution in [0.1, 0.15) is 28.5 Å². The number of hydrogen-bond acceptors (Lipinski definition) is 4. The average Bonchev–Trinajstić information content (AvgIpc) is 2.93. The van der Waals surface area contributed by atoms with Crippen molar-refractivity contribution in [2.75, 3.05) is 0 Å². The van der Waals surface area contributed by atoms with Crippen molar-refractivity contribution in [3.05, 3.63) is 64.9 Å². The Bertz CT molecular complexity index is 1170. The minimum atomic E-state index is -1.21. The molecule has 156 valence electrons. The van der Waals surface area contributed by atoms with E-state index in [0.717, 1.165) is 24.3 Å². The summed E-state index contributed by atoms with van der Waals surface area (Å²) in [6.45, 7) is 2.84. The van der Waals surface area contributed by atoms with Crippen molar-refractivity contribution >= 4 is 28.7 Å². The maximum absolute atomic E-state index is 14.0. The van der Waals surface area contributed by atoms with Crippen molar-refractivity contribution in [2.24, 2.45) is 0 Å². The molecule has 1 unspecified atom stereocenters. The van der Waals surface area contributed by atoms with Crippen LogP contribution in [0.5, 0.6) is 5.75 Å². The topological polar surface area (TPSA) is 109 Å². The molecule has 1 atom stereocenters. The van der Waals surface area contributed by atoms with E-state index in [9.17, 15) is 28.3 Å². The van der Waals surface area contributed by atoms with Crippen LogP contribution in [-0.4, -0.2) is 38.6 Å². The van der Waals surface area contributed by atoms with Crippen molar-refractivity contribution < 1.29 is 33.4 Å². The number of nitrogens with one attached hydrogen (secondary N) is 1. The molecule has 0 saturated heterocycles. The zero-order chi connectivity index (χ0) is 22.2. The number of aromatic nitrogens is 1. The number of phenols is 1. The van der Waals surface area contributed by atoms with Crippen molar-refractivity contribution in [2.45, 2.75) is 26.3 Å². The van der Waals surface area contributed by atoms with E-state index < -0.39 is 41.2 Å². The minimum Gasteiger partial charge on any atom is -0.505 e. The number of benzene rings is 2. The lowest BCUT2D eigenvalue weighted by Crippen LogP contribution is -2.39. The third-order valence-electron chi connectivity index (χ3n) is 4.78. The molecule has 0 aliphatic rings. The third kappa shape index (κ3) is 3.86. The van der Waals surface area contributed by atoms with E-state index in [0.29, 0.717) is 11.3 Å². The molecule has 9 heteroatoms. The quantitative estimate of drug-likeness (QED) is 0.593. The first-order chi connectivity index (χ1) is 14.1. The van der Waals surface area contributed by atoms with E-state index in [2.05, 4.69) is 5.32 Å². The van der Waals surface area contributed by atoms with E-state index in [1.54, 1.807) is 6.92 Å². The van der Waals surface area contributed by atoms with E-state index in [1.165, 1.54) is 23.6 Å². The molecule has 0 radical (unpaired) electrons. The molecule has 3 N–H and O–H groups in total. The van der Waals surface area contributed by atoms with Gasteiger partial charge < -0.3 is 15.5 Å². The second kappa shape index (κ2) is 7.94. The molecule has 3 rings (SSSR count). The standard InChI is InChI=1S/C21H18F2N2O5/c1-10(21(29)30)24-19(27)8-14-11(2)25(17-9-16(23)18(26)7-15(14)17)20(28)12-3-5-13(22)6-4-12/h3-7,9-10,26H,8H2,1-2H3,(H,24,27)(H,29,30). The van der Waals surface area contributed by atoms with Gasteiger partial charge in [-0.05, 0) is 49.7 Å². The first-order valence-corrected chi connectivity index (χ1v) is 8.95. The Morgan fingerprint density at radius 1 is 1.13 bits per heavy atom. The summed E-state index contributed by atoms with van der Waals surface area (Å²) < 4.78 is 28.4. The first-order valence-electron chi connectivity index (χ1n) is 8.95. The molecule has 0 spiro atoms. The number of phenolic OH excluding ortho intramolecular Hbond substituents is 1. The van der Waals surface area contributed by atoms with Gasteiger partial charge in [-0.3, -0.25) is 19.0 Å². The smallest absolute Gasteiger partial charge is 0.325 e. The number of aliphatic carboxylic acids is 1. The van der Waals surface area contributed by atoms with Gasteiger partial charge >= 0.3 is 5.97 Å². The van der Waals surface area contributed by atoms with Gasteiger partial charge in [0.25, 0.3) is 5.91 Å². The second-order valence-corrected chi connectivity index (χ2v) is 6.84. The lowest BCUT2D eigenvalue weighted by Gasteiger charge is -2.10. The average molecular weight is 416 g/mol. The van der Waals surface area contributed by atoms with Crippen LogP contribution in [0.3, 0.4) is 0 Å². The van der Waals surface area contributed by atoms with Gasteiger partial charge in [-0.2, -0.15) is 0 Å². The second-order valence-electron chi connectivity index (χ2n) is 6.84. The fourth-order valence-electron chi connectivity index (χ4n) is 3.21. The van der Waals surface area contributed by atoms with Crippen molar-refractivity contribution in [3.63, 3.8) is 0 Å². The number of carboxylic acid groups (broad SMARTS) is 1. The number of halogens is 2. The zero-order valence-corrected chi connectivity index (χ0v) is 16.1. The van der Waals surface area contributed by atoms with Crippen LogP contribution in [0.2, 0.25) is 0 Å². The summed E-state index contributed by atoms with van der Waals surface area (Å²) in [6.07, 6.45) is -0.297. The zero-order valence-electron chi connectivity index (χ0n) is 16.1. The first kappa shape index (κ1) is 21.0. The summed E-state index contributed by atoms with van der Waals surface area (Å²) >= 11 is 0. The summed E-state index contributed by atoms with van der Waals surface area (Å²) in [6, 6.07) is 5.74. The predicted octanol–water partition coefficient (Wildman–Crippen LogP) is 2.75. The van der Waals surface area contributed by atoms with Gasteiger partial charge in [0.05, 0.1) is 11.9 Å². The Hall–Kier alpha value is -3.75. The Morgan fingerprint density at radius 2 is 1.77 bits per heavy atom. The Morgan fingerprint density at radius 3 is 2.37 bits per heavy atom. The van der Waals surface area contributed by atoms with Crippen LogP contribution in [0.25, 0.3) is 10.9 Å². The number of carboxylic acids is 1. The lowest BCUT2D eigenvalue weighted by atomic mass is 10.1. The fraction of sp³-hybridized carbons (Fsp3) is 0.190. The minimum absolute atomic E-state index is 0.117. The number of rotatable bonds is 5. The molecular formula is C21H18F2N2O5. The Balaban J connectivity index is 2.12. The van der Waals surface area contributed by atoms with Gasteiger partial charge in [0.1, 0.15) is 11.9 Å². The number of carbonyl (C=O) groups excluding carboxylic acids is 2. The predicted molar refractivity (Wildman–Crippen MR) is 103 cm³/mol. The number of amides is 1. The van der Waals surface area contributed by atoms with E-state index in [-0.39, 0.29) is 22.9 Å². The van der Waals surface area contributed by atoms with Crippen molar-refractivity contribution in [1.29, 1.82) is 0 Å². The molecule has 1 amide bonds. The highest BCUT2D eigenvalue weighted by Gasteiger charge is 2.24. The molecular weight excluding hydrogens is 398 g/mol. The van der Waals surface area contributed by atoms with Crippen LogP contribution in [0.15, 0.2) is 36.4 Å². The maximum atomic E-state index is 14.0. The highest BCUT2D eigenvalue weighted by molar-refractivity contribution is 6.05. The summed E-state index contributed by atoms with van der Waals surface area (Å²) in [5, 5.41) is 21.3. The van der Waals surface area contributed by atoms with E-state index in [1.807, 2.05) is 0 Å². The van der Waals surface area contributed by atoms with Crippen molar-refractivity contribution in [3.8, 4) is 5.75 Å². The number of nitrogens with zero attached hydrogens (tertiary/aromatic N) is 1. The molecule has 0 aliphatic heterocycles. The number of hydrogen-bond donors (Lipinski definition) is 3.